The van der Waals surface area contributed by atoms with Gasteiger partial charge in [-0.3, -0.25) is 0 Å². The monoisotopic (exact) mass is 293 g/mol. The first-order valence-electron chi connectivity index (χ1n) is 7.61. The van der Waals surface area contributed by atoms with Crippen LogP contribution in [0.25, 0.3) is 10.1 Å². The summed E-state index contributed by atoms with van der Waals surface area (Å²) in [6.07, 6.45) is 1.22. The van der Waals surface area contributed by atoms with E-state index in [-0.39, 0.29) is 0 Å². The van der Waals surface area contributed by atoms with Crippen LogP contribution in [0.2, 0.25) is 0 Å². The molecular formula is C19H19NS. The number of hydrogen-bond acceptors (Lipinski definition) is 2. The SMILES string of the molecule is CC(NCC1Cc2ccccc21)c1cc2ccccc2s1. The van der Waals surface area contributed by atoms with Crippen molar-refractivity contribution in [3.63, 3.8) is 0 Å². The number of nitrogens with one attached hydrogen (secondary N) is 1. The van der Waals surface area contributed by atoms with Crippen molar-refractivity contribution in [2.75, 3.05) is 6.54 Å². The van der Waals surface area contributed by atoms with Gasteiger partial charge in [-0.25, -0.2) is 0 Å². The Morgan fingerprint density at radius 2 is 1.95 bits per heavy atom. The predicted octanol–water partition coefficient (Wildman–Crippen LogP) is 4.89. The Morgan fingerprint density at radius 3 is 2.81 bits per heavy atom. The molecule has 0 aliphatic heterocycles. The van der Waals surface area contributed by atoms with Gasteiger partial charge in [0, 0.05) is 28.1 Å². The zero-order valence-electron chi connectivity index (χ0n) is 12.2. The zero-order valence-corrected chi connectivity index (χ0v) is 13.0. The fourth-order valence-corrected chi connectivity index (χ4v) is 4.27. The average molecular weight is 293 g/mol. The van der Waals surface area contributed by atoms with Crippen LogP contribution in [0.15, 0.2) is 54.6 Å². The van der Waals surface area contributed by atoms with Crippen molar-refractivity contribution >= 4 is 21.4 Å². The molecule has 1 aromatic heterocycles. The number of rotatable bonds is 4. The Morgan fingerprint density at radius 1 is 1.14 bits per heavy atom. The van der Waals surface area contributed by atoms with Crippen LogP contribution < -0.4 is 5.32 Å². The van der Waals surface area contributed by atoms with Crippen LogP contribution >= 0.6 is 11.3 Å². The Balaban J connectivity index is 1.43. The smallest absolute Gasteiger partial charge is 0.0386 e. The van der Waals surface area contributed by atoms with Gasteiger partial charge in [0.2, 0.25) is 0 Å². The molecule has 1 heterocycles. The van der Waals surface area contributed by atoms with Crippen molar-refractivity contribution in [2.24, 2.45) is 0 Å². The number of thiophene rings is 1. The number of hydrogen-bond donors (Lipinski definition) is 1. The van der Waals surface area contributed by atoms with Crippen LogP contribution in [-0.4, -0.2) is 6.54 Å². The predicted molar refractivity (Wildman–Crippen MR) is 91.1 cm³/mol. The van der Waals surface area contributed by atoms with Crippen molar-refractivity contribution in [1.29, 1.82) is 0 Å². The molecule has 2 heteroatoms. The first-order chi connectivity index (χ1) is 10.3. The molecule has 0 spiro atoms. The lowest BCUT2D eigenvalue weighted by molar-refractivity contribution is 0.493. The van der Waals surface area contributed by atoms with Crippen LogP contribution in [0.3, 0.4) is 0 Å². The standard InChI is InChI=1S/C19H19NS/c1-13(19-11-15-7-3-5-9-18(15)21-19)20-12-16-10-14-6-2-4-8-17(14)16/h2-9,11,13,16,20H,10,12H2,1H3. The Bertz CT molecular complexity index is 741. The minimum absolute atomic E-state index is 0.426. The van der Waals surface area contributed by atoms with E-state index in [4.69, 9.17) is 0 Å². The minimum atomic E-state index is 0.426. The van der Waals surface area contributed by atoms with Crippen LogP contribution in [-0.2, 0) is 6.42 Å². The van der Waals surface area contributed by atoms with Gasteiger partial charge in [-0.1, -0.05) is 42.5 Å². The van der Waals surface area contributed by atoms with Crippen LogP contribution in [0.5, 0.6) is 0 Å². The van der Waals surface area contributed by atoms with Crippen molar-refractivity contribution in [3.05, 3.63) is 70.6 Å². The minimum Gasteiger partial charge on any atom is -0.309 e. The van der Waals surface area contributed by atoms with Gasteiger partial charge in [0.15, 0.2) is 0 Å². The van der Waals surface area contributed by atoms with Gasteiger partial charge in [-0.15, -0.1) is 11.3 Å². The largest absolute Gasteiger partial charge is 0.309 e. The maximum Gasteiger partial charge on any atom is 0.0386 e. The van der Waals surface area contributed by atoms with E-state index < -0.39 is 0 Å². The third kappa shape index (κ3) is 2.39. The van der Waals surface area contributed by atoms with Crippen LogP contribution in [0, 0.1) is 0 Å². The Labute approximate surface area is 129 Å². The van der Waals surface area contributed by atoms with Gasteiger partial charge in [-0.2, -0.15) is 0 Å². The molecule has 0 bridgehead atoms. The summed E-state index contributed by atoms with van der Waals surface area (Å²) in [5.41, 5.74) is 3.06. The van der Waals surface area contributed by atoms with E-state index >= 15 is 0 Å². The van der Waals surface area contributed by atoms with E-state index in [1.807, 2.05) is 11.3 Å². The van der Waals surface area contributed by atoms with E-state index in [1.165, 1.54) is 32.5 Å². The van der Waals surface area contributed by atoms with Gasteiger partial charge >= 0.3 is 0 Å². The molecule has 0 radical (unpaired) electrons. The molecule has 1 aliphatic rings. The first kappa shape index (κ1) is 13.1. The number of benzene rings is 2. The van der Waals surface area contributed by atoms with Crippen molar-refractivity contribution < 1.29 is 0 Å². The van der Waals surface area contributed by atoms with E-state index in [0.717, 1.165) is 6.54 Å². The fraction of sp³-hybridized carbons (Fsp3) is 0.263. The summed E-state index contributed by atoms with van der Waals surface area (Å²) in [6, 6.07) is 20.2. The van der Waals surface area contributed by atoms with Crippen LogP contribution in [0.1, 0.15) is 34.9 Å². The summed E-state index contributed by atoms with van der Waals surface area (Å²) < 4.78 is 1.38. The summed E-state index contributed by atoms with van der Waals surface area (Å²) >= 11 is 1.91. The Hall–Kier alpha value is -1.64. The molecule has 0 saturated heterocycles. The zero-order chi connectivity index (χ0) is 14.2. The maximum absolute atomic E-state index is 3.71. The maximum atomic E-state index is 3.71. The van der Waals surface area contributed by atoms with Gasteiger partial charge in [0.1, 0.15) is 0 Å². The van der Waals surface area contributed by atoms with Crippen LogP contribution in [0.4, 0.5) is 0 Å². The lowest BCUT2D eigenvalue weighted by Crippen LogP contribution is -2.30. The van der Waals surface area contributed by atoms with Crippen molar-refractivity contribution in [2.45, 2.75) is 25.3 Å². The summed E-state index contributed by atoms with van der Waals surface area (Å²) in [5, 5.41) is 5.07. The molecule has 106 valence electrons. The Kier molecular flexibility index (Phi) is 3.28. The van der Waals surface area contributed by atoms with E-state index in [0.29, 0.717) is 12.0 Å². The van der Waals surface area contributed by atoms with Gasteiger partial charge < -0.3 is 5.32 Å². The van der Waals surface area contributed by atoms with E-state index in [9.17, 15) is 0 Å². The highest BCUT2D eigenvalue weighted by molar-refractivity contribution is 7.19. The third-order valence-corrected chi connectivity index (χ3v) is 5.80. The second kappa shape index (κ2) is 5.28. The molecule has 2 atom stereocenters. The molecule has 1 N–H and O–H groups in total. The highest BCUT2D eigenvalue weighted by Crippen LogP contribution is 2.35. The molecule has 2 unspecified atom stereocenters. The normalized spacial score (nSPS) is 18.2. The van der Waals surface area contributed by atoms with Gasteiger partial charge in [-0.05, 0) is 42.0 Å². The molecule has 2 aromatic carbocycles. The van der Waals surface area contributed by atoms with Gasteiger partial charge in [0.05, 0.1) is 0 Å². The lowest BCUT2D eigenvalue weighted by Gasteiger charge is -2.31. The first-order valence-corrected chi connectivity index (χ1v) is 8.42. The second-order valence-electron chi connectivity index (χ2n) is 5.92. The average Bonchev–Trinajstić information content (AvgIpc) is 2.92. The quantitative estimate of drug-likeness (QED) is 0.722. The molecule has 1 nitrogen and oxygen atoms in total. The summed E-state index contributed by atoms with van der Waals surface area (Å²) in [5.74, 6) is 0.693. The molecule has 0 saturated carbocycles. The second-order valence-corrected chi connectivity index (χ2v) is 7.03. The molecule has 0 fully saturated rings. The lowest BCUT2D eigenvalue weighted by atomic mass is 9.77. The van der Waals surface area contributed by atoms with E-state index in [2.05, 4.69) is 66.8 Å². The highest BCUT2D eigenvalue weighted by Gasteiger charge is 2.25. The molecule has 3 aromatic rings. The van der Waals surface area contributed by atoms with Crippen molar-refractivity contribution in [3.8, 4) is 0 Å². The molecule has 21 heavy (non-hydrogen) atoms. The van der Waals surface area contributed by atoms with Gasteiger partial charge in [0.25, 0.3) is 0 Å². The third-order valence-electron chi connectivity index (χ3n) is 4.50. The molecular weight excluding hydrogens is 274 g/mol. The molecule has 1 aliphatic carbocycles. The highest BCUT2D eigenvalue weighted by atomic mass is 32.1. The fourth-order valence-electron chi connectivity index (χ4n) is 3.18. The molecule has 0 amide bonds. The molecule has 4 rings (SSSR count). The van der Waals surface area contributed by atoms with Crippen molar-refractivity contribution in [1.82, 2.24) is 5.32 Å². The van der Waals surface area contributed by atoms with E-state index in [1.54, 1.807) is 0 Å². The summed E-state index contributed by atoms with van der Waals surface area (Å²) in [7, 11) is 0. The topological polar surface area (TPSA) is 12.0 Å². The summed E-state index contributed by atoms with van der Waals surface area (Å²) in [4.78, 5) is 1.43. The number of fused-ring (bicyclic) bond motifs is 2. The summed E-state index contributed by atoms with van der Waals surface area (Å²) in [6.45, 7) is 3.35.